The highest BCUT2D eigenvalue weighted by atomic mass is 19.4. The van der Waals surface area contributed by atoms with Gasteiger partial charge in [0.15, 0.2) is 0 Å². The number of hydrogen-bond donors (Lipinski definition) is 0. The number of alkyl halides is 3. The maximum absolute atomic E-state index is 12.8. The summed E-state index contributed by atoms with van der Waals surface area (Å²) in [5.74, 6) is 0.458. The smallest absolute Gasteiger partial charge is 0.416 e. The Morgan fingerprint density at radius 1 is 1.00 bits per heavy atom. The highest BCUT2D eigenvalue weighted by Gasteiger charge is 2.31. The molecule has 0 aliphatic rings. The van der Waals surface area contributed by atoms with Gasteiger partial charge in [-0.15, -0.1) is 0 Å². The van der Waals surface area contributed by atoms with Crippen molar-refractivity contribution in [1.82, 2.24) is 0 Å². The molecule has 1 nitrogen and oxygen atoms in total. The molecule has 0 fully saturated rings. The monoisotopic (exact) mass is 294 g/mol. The van der Waals surface area contributed by atoms with E-state index in [-0.39, 0.29) is 5.92 Å². The third-order valence-corrected chi connectivity index (χ3v) is 3.20. The molecule has 0 N–H and O–H groups in total. The Kier molecular flexibility index (Phi) is 4.56. The topological polar surface area (TPSA) is 9.23 Å². The van der Waals surface area contributed by atoms with Gasteiger partial charge in [-0.25, -0.2) is 0 Å². The van der Waals surface area contributed by atoms with Crippen molar-refractivity contribution >= 4 is 0 Å². The van der Waals surface area contributed by atoms with Crippen LogP contribution in [0.1, 0.15) is 36.5 Å². The lowest BCUT2D eigenvalue weighted by atomic mass is 9.99. The van der Waals surface area contributed by atoms with E-state index in [9.17, 15) is 13.2 Å². The first-order chi connectivity index (χ1) is 9.88. The van der Waals surface area contributed by atoms with Crippen molar-refractivity contribution in [3.63, 3.8) is 0 Å². The van der Waals surface area contributed by atoms with Crippen molar-refractivity contribution < 1.29 is 17.9 Å². The fourth-order valence-corrected chi connectivity index (χ4v) is 2.04. The summed E-state index contributed by atoms with van der Waals surface area (Å²) >= 11 is 0. The summed E-state index contributed by atoms with van der Waals surface area (Å²) in [6, 6.07) is 13.2. The maximum atomic E-state index is 12.8. The minimum absolute atomic E-state index is 0.0435. The molecular weight excluding hydrogens is 277 g/mol. The molecule has 0 amide bonds. The highest BCUT2D eigenvalue weighted by molar-refractivity contribution is 5.40. The van der Waals surface area contributed by atoms with Crippen molar-refractivity contribution in [1.29, 1.82) is 0 Å². The Labute approximate surface area is 122 Å². The van der Waals surface area contributed by atoms with Crippen molar-refractivity contribution in [2.45, 2.75) is 32.5 Å². The molecule has 2 rings (SSSR count). The molecule has 0 bridgehead atoms. The summed E-state index contributed by atoms with van der Waals surface area (Å²) in [5.41, 5.74) is 0.908. The van der Waals surface area contributed by atoms with E-state index >= 15 is 0 Å². The van der Waals surface area contributed by atoms with Gasteiger partial charge < -0.3 is 4.74 Å². The summed E-state index contributed by atoms with van der Waals surface area (Å²) in [6.07, 6.45) is -4.33. The maximum Gasteiger partial charge on any atom is 0.416 e. The minimum Gasteiger partial charge on any atom is -0.489 e. The predicted octanol–water partition coefficient (Wildman–Crippen LogP) is 5.41. The summed E-state index contributed by atoms with van der Waals surface area (Å²) < 4.78 is 44.0. The van der Waals surface area contributed by atoms with E-state index in [2.05, 4.69) is 0 Å². The van der Waals surface area contributed by atoms with Gasteiger partial charge in [-0.2, -0.15) is 13.2 Å². The number of rotatable bonds is 4. The molecule has 4 heteroatoms. The van der Waals surface area contributed by atoms with E-state index in [1.807, 2.05) is 44.2 Å². The Morgan fingerprint density at radius 2 is 1.67 bits per heavy atom. The second kappa shape index (κ2) is 6.20. The van der Waals surface area contributed by atoms with Crippen LogP contribution in [0.3, 0.4) is 0 Å². The second-order valence-corrected chi connectivity index (χ2v) is 5.18. The zero-order chi connectivity index (χ0) is 15.5. The molecule has 0 aromatic heterocycles. The molecule has 112 valence electrons. The molecule has 0 radical (unpaired) electrons. The van der Waals surface area contributed by atoms with Crippen LogP contribution in [0.2, 0.25) is 0 Å². The van der Waals surface area contributed by atoms with Crippen LogP contribution in [0.15, 0.2) is 48.5 Å². The molecule has 0 saturated heterocycles. The summed E-state index contributed by atoms with van der Waals surface area (Å²) in [4.78, 5) is 0. The van der Waals surface area contributed by atoms with E-state index < -0.39 is 11.7 Å². The Bertz CT molecular complexity index is 589. The van der Waals surface area contributed by atoms with Gasteiger partial charge in [0.25, 0.3) is 0 Å². The first-order valence-corrected chi connectivity index (χ1v) is 6.76. The standard InChI is InChI=1S/C17H17F3O/c1-12(2)15-10-14(17(18,19)20)8-9-16(15)21-11-13-6-4-3-5-7-13/h3-10,12H,11H2,1-2H3. The highest BCUT2D eigenvalue weighted by Crippen LogP contribution is 2.35. The number of hydrogen-bond acceptors (Lipinski definition) is 1. The molecule has 0 aliphatic carbocycles. The van der Waals surface area contributed by atoms with Crippen molar-refractivity contribution in [2.24, 2.45) is 0 Å². The van der Waals surface area contributed by atoms with Crippen LogP contribution in [0, 0.1) is 0 Å². The molecular formula is C17H17F3O. The van der Waals surface area contributed by atoms with Crippen LogP contribution >= 0.6 is 0 Å². The average Bonchev–Trinajstić information content (AvgIpc) is 2.45. The van der Waals surface area contributed by atoms with Crippen molar-refractivity contribution in [2.75, 3.05) is 0 Å². The van der Waals surface area contributed by atoms with Gasteiger partial charge in [0, 0.05) is 0 Å². The van der Waals surface area contributed by atoms with Crippen LogP contribution in [0.4, 0.5) is 13.2 Å². The summed E-state index contributed by atoms with van der Waals surface area (Å²) in [5, 5.41) is 0. The lowest BCUT2D eigenvalue weighted by molar-refractivity contribution is -0.137. The molecule has 2 aromatic rings. The van der Waals surface area contributed by atoms with Crippen LogP contribution in [-0.2, 0) is 12.8 Å². The van der Waals surface area contributed by atoms with Crippen molar-refractivity contribution in [3.05, 3.63) is 65.2 Å². The Hall–Kier alpha value is -1.97. The van der Waals surface area contributed by atoms with Gasteiger partial charge in [0.1, 0.15) is 12.4 Å². The first-order valence-electron chi connectivity index (χ1n) is 6.76. The van der Waals surface area contributed by atoms with Gasteiger partial charge in [-0.1, -0.05) is 44.2 Å². The zero-order valence-electron chi connectivity index (χ0n) is 11.9. The first kappa shape index (κ1) is 15.4. The average molecular weight is 294 g/mol. The van der Waals surface area contributed by atoms with E-state index in [0.717, 1.165) is 11.6 Å². The number of ether oxygens (including phenoxy) is 1. The zero-order valence-corrected chi connectivity index (χ0v) is 11.9. The van der Waals surface area contributed by atoms with Gasteiger partial charge >= 0.3 is 6.18 Å². The summed E-state index contributed by atoms with van der Waals surface area (Å²) in [6.45, 7) is 4.04. The van der Waals surface area contributed by atoms with Crippen LogP contribution in [0.25, 0.3) is 0 Å². The van der Waals surface area contributed by atoms with E-state index in [1.54, 1.807) is 0 Å². The van der Waals surface area contributed by atoms with Crippen LogP contribution < -0.4 is 4.74 Å². The van der Waals surface area contributed by atoms with Crippen LogP contribution in [0.5, 0.6) is 5.75 Å². The number of benzene rings is 2. The Morgan fingerprint density at radius 3 is 2.24 bits per heavy atom. The predicted molar refractivity (Wildman–Crippen MR) is 76.3 cm³/mol. The van der Waals surface area contributed by atoms with Gasteiger partial charge in [0.2, 0.25) is 0 Å². The lowest BCUT2D eigenvalue weighted by Gasteiger charge is -2.16. The fraction of sp³-hybridized carbons (Fsp3) is 0.294. The normalized spacial score (nSPS) is 11.7. The van der Waals surface area contributed by atoms with Gasteiger partial charge in [-0.05, 0) is 35.2 Å². The third-order valence-electron chi connectivity index (χ3n) is 3.20. The van der Waals surface area contributed by atoms with Gasteiger partial charge in [0.05, 0.1) is 5.56 Å². The lowest BCUT2D eigenvalue weighted by Crippen LogP contribution is -2.07. The largest absolute Gasteiger partial charge is 0.489 e. The van der Waals surface area contributed by atoms with Gasteiger partial charge in [-0.3, -0.25) is 0 Å². The second-order valence-electron chi connectivity index (χ2n) is 5.18. The molecule has 0 atom stereocenters. The van der Waals surface area contributed by atoms with E-state index in [4.69, 9.17) is 4.74 Å². The number of halogens is 3. The molecule has 21 heavy (non-hydrogen) atoms. The molecule has 0 heterocycles. The van der Waals surface area contributed by atoms with E-state index in [1.165, 1.54) is 12.1 Å². The SMILES string of the molecule is CC(C)c1cc(C(F)(F)F)ccc1OCc1ccccc1. The fourth-order valence-electron chi connectivity index (χ4n) is 2.04. The molecule has 0 unspecified atom stereocenters. The molecule has 0 spiro atoms. The molecule has 2 aromatic carbocycles. The quantitative estimate of drug-likeness (QED) is 0.732. The summed E-state index contributed by atoms with van der Waals surface area (Å²) in [7, 11) is 0. The Balaban J connectivity index is 2.23. The third kappa shape index (κ3) is 4.00. The molecule has 0 saturated carbocycles. The van der Waals surface area contributed by atoms with E-state index in [0.29, 0.717) is 17.9 Å². The minimum atomic E-state index is -4.33. The molecule has 0 aliphatic heterocycles. The van der Waals surface area contributed by atoms with Crippen LogP contribution in [-0.4, -0.2) is 0 Å². The van der Waals surface area contributed by atoms with Crippen molar-refractivity contribution in [3.8, 4) is 5.75 Å².